The van der Waals surface area contributed by atoms with E-state index >= 15 is 0 Å². The summed E-state index contributed by atoms with van der Waals surface area (Å²) in [5.41, 5.74) is 3.89. The average Bonchev–Trinajstić information content (AvgIpc) is 3.18. The average molecular weight is 378 g/mol. The summed E-state index contributed by atoms with van der Waals surface area (Å²) in [6, 6.07) is 21.7. The van der Waals surface area contributed by atoms with Crippen LogP contribution < -0.4 is 5.32 Å². The molecule has 5 heteroatoms. The van der Waals surface area contributed by atoms with Gasteiger partial charge in [0.1, 0.15) is 17.8 Å². The predicted molar refractivity (Wildman–Crippen MR) is 116 cm³/mol. The van der Waals surface area contributed by atoms with Gasteiger partial charge in [-0.2, -0.15) is 0 Å². The molecule has 2 heterocycles. The van der Waals surface area contributed by atoms with Gasteiger partial charge in [0.2, 0.25) is 0 Å². The number of benzene rings is 3. The number of nitrogens with zero attached hydrogens (tertiary/aromatic N) is 2. The Morgan fingerprint density at radius 3 is 2.66 bits per heavy atom. The summed E-state index contributed by atoms with van der Waals surface area (Å²) in [6.45, 7) is 2.03. The van der Waals surface area contributed by atoms with Crippen molar-refractivity contribution >= 4 is 39.1 Å². The van der Waals surface area contributed by atoms with Crippen LogP contribution in [0.5, 0.6) is 0 Å². The highest BCUT2D eigenvalue weighted by Gasteiger charge is 2.20. The van der Waals surface area contributed by atoms with Crippen molar-refractivity contribution in [1.29, 1.82) is 0 Å². The summed E-state index contributed by atoms with van der Waals surface area (Å²) in [7, 11) is 0. The maximum atomic E-state index is 13.5. The second kappa shape index (κ2) is 6.87. The summed E-state index contributed by atoms with van der Waals surface area (Å²) in [5.74, 6) is 0.542. The maximum Gasteiger partial charge on any atom is 0.195 e. The van der Waals surface area contributed by atoms with E-state index < -0.39 is 0 Å². The molecule has 0 unspecified atom stereocenters. The third-order valence-electron chi connectivity index (χ3n) is 5.03. The quantitative estimate of drug-likeness (QED) is 0.411. The van der Waals surface area contributed by atoms with Crippen LogP contribution in [-0.4, -0.2) is 20.7 Å². The van der Waals surface area contributed by atoms with Crippen LogP contribution in [0.2, 0.25) is 0 Å². The minimum absolute atomic E-state index is 0.0601. The number of carbonyl (C=O) groups excluding carboxylic acids is 1. The summed E-state index contributed by atoms with van der Waals surface area (Å²) in [6.07, 6.45) is 3.20. The van der Waals surface area contributed by atoms with Crippen LogP contribution in [0, 0.1) is 6.92 Å². The molecule has 29 heavy (non-hydrogen) atoms. The van der Waals surface area contributed by atoms with Gasteiger partial charge >= 0.3 is 0 Å². The number of aryl methyl sites for hydroxylation is 1. The molecule has 0 bridgehead atoms. The lowest BCUT2D eigenvalue weighted by Gasteiger charge is -2.09. The molecule has 5 nitrogen and oxygen atoms in total. The lowest BCUT2D eigenvalue weighted by Crippen LogP contribution is -2.03. The van der Waals surface area contributed by atoms with E-state index in [-0.39, 0.29) is 5.78 Å². The topological polar surface area (TPSA) is 70.7 Å². The molecular weight excluding hydrogens is 360 g/mol. The van der Waals surface area contributed by atoms with Crippen molar-refractivity contribution in [3.63, 3.8) is 0 Å². The first-order valence-corrected chi connectivity index (χ1v) is 9.39. The summed E-state index contributed by atoms with van der Waals surface area (Å²) in [4.78, 5) is 25.3. The van der Waals surface area contributed by atoms with Crippen LogP contribution in [0.4, 0.5) is 11.5 Å². The van der Waals surface area contributed by atoms with Gasteiger partial charge in [0.15, 0.2) is 5.78 Å². The Morgan fingerprint density at radius 2 is 1.76 bits per heavy atom. The molecule has 2 aromatic heterocycles. The van der Waals surface area contributed by atoms with Crippen LogP contribution in [0.15, 0.2) is 79.3 Å². The van der Waals surface area contributed by atoms with Gasteiger partial charge in [-0.3, -0.25) is 4.79 Å². The summed E-state index contributed by atoms with van der Waals surface area (Å²) >= 11 is 0. The number of fused-ring (bicyclic) bond motifs is 2. The number of nitrogens with one attached hydrogen (secondary N) is 2. The number of hydrogen-bond donors (Lipinski definition) is 2. The zero-order valence-corrected chi connectivity index (χ0v) is 15.8. The van der Waals surface area contributed by atoms with Gasteiger partial charge < -0.3 is 10.3 Å². The first kappa shape index (κ1) is 17.1. The normalized spacial score (nSPS) is 11.1. The molecule has 0 atom stereocenters. The van der Waals surface area contributed by atoms with Gasteiger partial charge in [-0.05, 0) is 35.4 Å². The Morgan fingerprint density at radius 1 is 0.931 bits per heavy atom. The van der Waals surface area contributed by atoms with Crippen molar-refractivity contribution in [2.45, 2.75) is 6.92 Å². The number of ketones is 1. The Kier molecular flexibility index (Phi) is 4.06. The molecule has 0 fully saturated rings. The molecule has 0 amide bonds. The minimum atomic E-state index is -0.0601. The largest absolute Gasteiger partial charge is 0.345 e. The SMILES string of the molecule is Cc1cccc(Nc2ncnc3[nH]cc(C(=O)c4cccc5ccccc45)c23)c1. The van der Waals surface area contributed by atoms with Gasteiger partial charge in [0, 0.05) is 17.4 Å². The summed E-state index contributed by atoms with van der Waals surface area (Å²) < 4.78 is 0. The molecule has 0 aliphatic rings. The summed E-state index contributed by atoms with van der Waals surface area (Å²) in [5, 5.41) is 5.99. The first-order valence-electron chi connectivity index (χ1n) is 9.39. The van der Waals surface area contributed by atoms with Gasteiger partial charge in [-0.15, -0.1) is 0 Å². The fourth-order valence-corrected chi connectivity index (χ4v) is 3.66. The lowest BCUT2D eigenvalue weighted by molar-refractivity contribution is 0.104. The van der Waals surface area contributed by atoms with E-state index in [1.165, 1.54) is 6.33 Å². The smallest absolute Gasteiger partial charge is 0.195 e. The highest BCUT2D eigenvalue weighted by molar-refractivity contribution is 6.22. The lowest BCUT2D eigenvalue weighted by atomic mass is 9.97. The molecule has 0 radical (unpaired) electrons. The van der Waals surface area contributed by atoms with Crippen molar-refractivity contribution in [3.8, 4) is 0 Å². The predicted octanol–water partition coefficient (Wildman–Crippen LogP) is 5.39. The molecule has 140 valence electrons. The third kappa shape index (κ3) is 3.02. The number of aromatic amines is 1. The van der Waals surface area contributed by atoms with Gasteiger partial charge in [0.05, 0.1) is 10.9 Å². The third-order valence-corrected chi connectivity index (χ3v) is 5.03. The molecule has 0 saturated carbocycles. The first-order chi connectivity index (χ1) is 14.2. The van der Waals surface area contributed by atoms with E-state index in [9.17, 15) is 4.79 Å². The van der Waals surface area contributed by atoms with Crippen LogP contribution in [0.25, 0.3) is 21.8 Å². The van der Waals surface area contributed by atoms with Crippen molar-refractivity contribution < 1.29 is 4.79 Å². The Labute approximate surface area is 167 Å². The van der Waals surface area contributed by atoms with E-state index in [0.717, 1.165) is 22.0 Å². The molecule has 0 saturated heterocycles. The molecule has 0 aliphatic carbocycles. The number of hydrogen-bond acceptors (Lipinski definition) is 4. The highest BCUT2D eigenvalue weighted by atomic mass is 16.1. The van der Waals surface area contributed by atoms with Crippen molar-refractivity contribution in [1.82, 2.24) is 15.0 Å². The number of aromatic nitrogens is 3. The zero-order valence-electron chi connectivity index (χ0n) is 15.8. The van der Waals surface area contributed by atoms with E-state index in [1.807, 2.05) is 73.7 Å². The highest BCUT2D eigenvalue weighted by Crippen LogP contribution is 2.30. The van der Waals surface area contributed by atoms with Gasteiger partial charge in [0.25, 0.3) is 0 Å². The minimum Gasteiger partial charge on any atom is -0.345 e. The molecule has 5 rings (SSSR count). The van der Waals surface area contributed by atoms with Gasteiger partial charge in [-0.25, -0.2) is 9.97 Å². The number of rotatable bonds is 4. The van der Waals surface area contributed by atoms with Crippen LogP contribution in [-0.2, 0) is 0 Å². The fourth-order valence-electron chi connectivity index (χ4n) is 3.66. The fraction of sp³-hybridized carbons (Fsp3) is 0.0417. The molecular formula is C24H18N4O. The van der Waals surface area contributed by atoms with E-state index in [4.69, 9.17) is 0 Å². The molecule has 0 aliphatic heterocycles. The van der Waals surface area contributed by atoms with E-state index in [0.29, 0.717) is 28.0 Å². The Hall–Kier alpha value is -3.99. The Balaban J connectivity index is 1.65. The molecule has 0 spiro atoms. The van der Waals surface area contributed by atoms with E-state index in [1.54, 1.807) is 6.20 Å². The number of anilines is 2. The van der Waals surface area contributed by atoms with Gasteiger partial charge in [-0.1, -0.05) is 54.6 Å². The number of carbonyl (C=O) groups is 1. The van der Waals surface area contributed by atoms with E-state index in [2.05, 4.69) is 20.3 Å². The molecule has 5 aromatic rings. The van der Waals surface area contributed by atoms with Crippen LogP contribution >= 0.6 is 0 Å². The molecule has 2 N–H and O–H groups in total. The van der Waals surface area contributed by atoms with Crippen molar-refractivity contribution in [2.75, 3.05) is 5.32 Å². The van der Waals surface area contributed by atoms with Crippen LogP contribution in [0.1, 0.15) is 21.5 Å². The monoisotopic (exact) mass is 378 g/mol. The number of H-pyrrole nitrogens is 1. The second-order valence-electron chi connectivity index (χ2n) is 7.00. The second-order valence-corrected chi connectivity index (χ2v) is 7.00. The Bertz CT molecular complexity index is 1360. The maximum absolute atomic E-state index is 13.5. The van der Waals surface area contributed by atoms with Crippen LogP contribution in [0.3, 0.4) is 0 Å². The molecule has 3 aromatic carbocycles. The van der Waals surface area contributed by atoms with Crippen molar-refractivity contribution in [3.05, 3.63) is 95.9 Å². The van der Waals surface area contributed by atoms with Crippen molar-refractivity contribution in [2.24, 2.45) is 0 Å². The zero-order chi connectivity index (χ0) is 19.8. The standard InChI is InChI=1S/C24H18N4O/c1-15-6-4-9-17(12-15)28-24-21-20(13-25-23(21)26-14-27-24)22(29)19-11-5-8-16-7-2-3-10-18(16)19/h2-14H,1H3,(H2,25,26,27,28).